The highest BCUT2D eigenvalue weighted by Crippen LogP contribution is 1.98. The van der Waals surface area contributed by atoms with Crippen LogP contribution in [0, 0.1) is 11.3 Å². The molecule has 4 nitrogen and oxygen atoms in total. The molecule has 0 aromatic heterocycles. The molecule has 3 N–H and O–H groups in total. The SMILES string of the molecule is N#CC=CC(O)CC(O)CO. The minimum atomic E-state index is -0.923. The molecule has 4 heteroatoms. The van der Waals surface area contributed by atoms with Crippen molar-refractivity contribution in [3.05, 3.63) is 12.2 Å². The van der Waals surface area contributed by atoms with Gasteiger partial charge in [0.25, 0.3) is 0 Å². The molecular formula is C7H11NO3. The highest BCUT2D eigenvalue weighted by molar-refractivity contribution is 5.04. The Morgan fingerprint density at radius 2 is 2.09 bits per heavy atom. The first kappa shape index (κ1) is 10.1. The fourth-order valence-electron chi connectivity index (χ4n) is 0.586. The van der Waals surface area contributed by atoms with Crippen LogP contribution in [0.2, 0.25) is 0 Å². The van der Waals surface area contributed by atoms with Crippen molar-refractivity contribution in [2.24, 2.45) is 0 Å². The van der Waals surface area contributed by atoms with Crippen molar-refractivity contribution >= 4 is 0 Å². The third-order valence-electron chi connectivity index (χ3n) is 1.12. The highest BCUT2D eigenvalue weighted by atomic mass is 16.3. The summed E-state index contributed by atoms with van der Waals surface area (Å²) in [5.41, 5.74) is 0. The zero-order valence-corrected chi connectivity index (χ0v) is 6.01. The number of allylic oxidation sites excluding steroid dienone is 1. The van der Waals surface area contributed by atoms with Crippen molar-refractivity contribution in [3.8, 4) is 6.07 Å². The lowest BCUT2D eigenvalue weighted by molar-refractivity contribution is 0.0557. The van der Waals surface area contributed by atoms with E-state index in [0.29, 0.717) is 0 Å². The van der Waals surface area contributed by atoms with Gasteiger partial charge in [0.2, 0.25) is 0 Å². The maximum absolute atomic E-state index is 8.97. The fraction of sp³-hybridized carbons (Fsp3) is 0.571. The summed E-state index contributed by atoms with van der Waals surface area (Å²) in [7, 11) is 0. The molecule has 2 unspecified atom stereocenters. The highest BCUT2D eigenvalue weighted by Gasteiger charge is 2.06. The van der Waals surface area contributed by atoms with Crippen molar-refractivity contribution in [1.29, 1.82) is 5.26 Å². The Morgan fingerprint density at radius 3 is 2.55 bits per heavy atom. The minimum Gasteiger partial charge on any atom is -0.394 e. The van der Waals surface area contributed by atoms with Gasteiger partial charge in [-0.25, -0.2) is 0 Å². The smallest absolute Gasteiger partial charge is 0.0909 e. The maximum Gasteiger partial charge on any atom is 0.0909 e. The average Bonchev–Trinajstić information content (AvgIpc) is 2.00. The molecule has 0 saturated carbocycles. The lowest BCUT2D eigenvalue weighted by Crippen LogP contribution is -2.19. The standard InChI is InChI=1S/C7H11NO3/c8-3-1-2-6(10)4-7(11)5-9/h1-2,6-7,9-11H,4-5H2. The first-order valence-electron chi connectivity index (χ1n) is 3.24. The molecular weight excluding hydrogens is 146 g/mol. The Hall–Kier alpha value is -0.890. The molecule has 0 aromatic carbocycles. The van der Waals surface area contributed by atoms with Crippen LogP contribution in [-0.4, -0.2) is 34.1 Å². The van der Waals surface area contributed by atoms with E-state index in [-0.39, 0.29) is 13.0 Å². The van der Waals surface area contributed by atoms with Crippen LogP contribution in [0.1, 0.15) is 6.42 Å². The Bertz CT molecular complexity index is 162. The van der Waals surface area contributed by atoms with E-state index in [1.54, 1.807) is 6.07 Å². The number of nitriles is 1. The van der Waals surface area contributed by atoms with Crippen LogP contribution in [0.15, 0.2) is 12.2 Å². The largest absolute Gasteiger partial charge is 0.394 e. The Balaban J connectivity index is 3.61. The summed E-state index contributed by atoms with van der Waals surface area (Å²) in [5, 5.41) is 34.2. The van der Waals surface area contributed by atoms with Crippen LogP contribution in [-0.2, 0) is 0 Å². The number of aliphatic hydroxyl groups is 3. The van der Waals surface area contributed by atoms with Crippen LogP contribution < -0.4 is 0 Å². The van der Waals surface area contributed by atoms with Gasteiger partial charge >= 0.3 is 0 Å². The van der Waals surface area contributed by atoms with Gasteiger partial charge in [-0.05, 0) is 6.08 Å². The molecule has 0 aliphatic rings. The van der Waals surface area contributed by atoms with Crippen LogP contribution >= 0.6 is 0 Å². The van der Waals surface area contributed by atoms with Gasteiger partial charge in [-0.15, -0.1) is 0 Å². The molecule has 2 atom stereocenters. The van der Waals surface area contributed by atoms with E-state index in [0.717, 1.165) is 6.08 Å². The molecule has 0 aliphatic heterocycles. The van der Waals surface area contributed by atoms with Crippen LogP contribution in [0.4, 0.5) is 0 Å². The molecule has 0 bridgehead atoms. The molecule has 62 valence electrons. The predicted octanol–water partition coefficient (Wildman–Crippen LogP) is -0.830. The molecule has 0 rings (SSSR count). The second-order valence-electron chi connectivity index (χ2n) is 2.13. The molecule has 0 radical (unpaired) electrons. The molecule has 11 heavy (non-hydrogen) atoms. The van der Waals surface area contributed by atoms with Crippen molar-refractivity contribution in [2.45, 2.75) is 18.6 Å². The topological polar surface area (TPSA) is 84.5 Å². The normalized spacial score (nSPS) is 16.2. The predicted molar refractivity (Wildman–Crippen MR) is 38.5 cm³/mol. The van der Waals surface area contributed by atoms with E-state index in [4.69, 9.17) is 20.6 Å². The van der Waals surface area contributed by atoms with Crippen LogP contribution in [0.3, 0.4) is 0 Å². The molecule has 0 fully saturated rings. The minimum absolute atomic E-state index is 0.0503. The van der Waals surface area contributed by atoms with E-state index in [1.165, 1.54) is 6.08 Å². The summed E-state index contributed by atoms with van der Waals surface area (Å²) < 4.78 is 0. The molecule has 0 aliphatic carbocycles. The van der Waals surface area contributed by atoms with Gasteiger partial charge in [0.1, 0.15) is 0 Å². The van der Waals surface area contributed by atoms with Gasteiger partial charge in [0.15, 0.2) is 0 Å². The van der Waals surface area contributed by atoms with Crippen LogP contribution in [0.5, 0.6) is 0 Å². The summed E-state index contributed by atoms with van der Waals surface area (Å²) >= 11 is 0. The maximum atomic E-state index is 8.97. The summed E-state index contributed by atoms with van der Waals surface area (Å²) in [4.78, 5) is 0. The summed E-state index contributed by atoms with van der Waals surface area (Å²) in [5.74, 6) is 0. The first-order valence-corrected chi connectivity index (χ1v) is 3.24. The second kappa shape index (κ2) is 5.86. The Labute approximate surface area is 65.0 Å². The first-order chi connectivity index (χ1) is 5.20. The van der Waals surface area contributed by atoms with Crippen molar-refractivity contribution in [3.63, 3.8) is 0 Å². The van der Waals surface area contributed by atoms with Crippen molar-refractivity contribution < 1.29 is 15.3 Å². The lowest BCUT2D eigenvalue weighted by Gasteiger charge is -2.08. The summed E-state index contributed by atoms with van der Waals surface area (Å²) in [6.07, 6.45) is 0.660. The molecule has 0 amide bonds. The zero-order valence-electron chi connectivity index (χ0n) is 6.01. The number of nitrogens with zero attached hydrogens (tertiary/aromatic N) is 1. The molecule has 0 heterocycles. The second-order valence-corrected chi connectivity index (χ2v) is 2.13. The Morgan fingerprint density at radius 1 is 1.45 bits per heavy atom. The summed E-state index contributed by atoms with van der Waals surface area (Å²) in [6, 6.07) is 1.71. The van der Waals surface area contributed by atoms with Crippen LogP contribution in [0.25, 0.3) is 0 Å². The number of aliphatic hydroxyl groups excluding tert-OH is 3. The van der Waals surface area contributed by atoms with E-state index < -0.39 is 12.2 Å². The van der Waals surface area contributed by atoms with Gasteiger partial charge in [0, 0.05) is 12.5 Å². The van der Waals surface area contributed by atoms with E-state index >= 15 is 0 Å². The van der Waals surface area contributed by atoms with Gasteiger partial charge in [-0.2, -0.15) is 5.26 Å². The van der Waals surface area contributed by atoms with E-state index in [2.05, 4.69) is 0 Å². The van der Waals surface area contributed by atoms with Crippen molar-refractivity contribution in [2.75, 3.05) is 6.61 Å². The summed E-state index contributed by atoms with van der Waals surface area (Å²) in [6.45, 7) is -0.378. The third-order valence-corrected chi connectivity index (χ3v) is 1.12. The van der Waals surface area contributed by atoms with Gasteiger partial charge in [-0.1, -0.05) is 0 Å². The number of rotatable bonds is 4. The van der Waals surface area contributed by atoms with E-state index in [1.807, 2.05) is 0 Å². The zero-order chi connectivity index (χ0) is 8.69. The number of hydrogen-bond acceptors (Lipinski definition) is 4. The lowest BCUT2D eigenvalue weighted by atomic mass is 10.1. The van der Waals surface area contributed by atoms with Gasteiger partial charge in [0.05, 0.1) is 24.9 Å². The van der Waals surface area contributed by atoms with Gasteiger partial charge in [-0.3, -0.25) is 0 Å². The monoisotopic (exact) mass is 157 g/mol. The molecule has 0 saturated heterocycles. The van der Waals surface area contributed by atoms with E-state index in [9.17, 15) is 0 Å². The Kier molecular flexibility index (Phi) is 5.39. The molecule has 0 spiro atoms. The fourth-order valence-corrected chi connectivity index (χ4v) is 0.586. The van der Waals surface area contributed by atoms with Gasteiger partial charge < -0.3 is 15.3 Å². The van der Waals surface area contributed by atoms with Crippen molar-refractivity contribution in [1.82, 2.24) is 0 Å². The number of hydrogen-bond donors (Lipinski definition) is 3. The third kappa shape index (κ3) is 5.55. The molecule has 0 aromatic rings. The quantitative estimate of drug-likeness (QED) is 0.465. The average molecular weight is 157 g/mol.